The molecule has 2 N–H and O–H groups in total. The number of fused-ring (bicyclic) bond motifs is 1. The second-order valence-corrected chi connectivity index (χ2v) is 6.36. The molecule has 8 heteroatoms. The highest BCUT2D eigenvalue weighted by atomic mass is 19.4. The maximum atomic E-state index is 12.8. The summed E-state index contributed by atoms with van der Waals surface area (Å²) in [5, 5.41) is 7.04. The smallest absolute Gasteiger partial charge is 0.329 e. The van der Waals surface area contributed by atoms with Gasteiger partial charge in [0.15, 0.2) is 0 Å². The third-order valence-electron chi connectivity index (χ3n) is 4.64. The fourth-order valence-electron chi connectivity index (χ4n) is 3.11. The number of aromatic nitrogens is 3. The van der Waals surface area contributed by atoms with Crippen LogP contribution in [-0.2, 0) is 19.3 Å². The Labute approximate surface area is 121 Å². The molecular formula is C13H20F3N5. The third kappa shape index (κ3) is 2.78. The van der Waals surface area contributed by atoms with E-state index in [9.17, 15) is 13.2 Å². The van der Waals surface area contributed by atoms with Crippen LogP contribution in [0.3, 0.4) is 0 Å². The molecule has 5 nitrogen and oxygen atoms in total. The predicted octanol–water partition coefficient (Wildman–Crippen LogP) is 1.63. The van der Waals surface area contributed by atoms with Crippen LogP contribution in [0, 0.1) is 5.92 Å². The molecule has 1 aliphatic heterocycles. The summed E-state index contributed by atoms with van der Waals surface area (Å²) in [7, 11) is 0. The largest absolute Gasteiger partial charge is 0.451 e. The SMILES string of the molecule is CC(CN)(CC1CC1)N1CCn2c(nnc2C(F)(F)F)C1. The number of hydrogen-bond donors (Lipinski definition) is 1. The Balaban J connectivity index is 1.79. The van der Waals surface area contributed by atoms with Gasteiger partial charge in [0.05, 0.1) is 6.54 Å². The summed E-state index contributed by atoms with van der Waals surface area (Å²) in [5.74, 6) is 0.196. The highest BCUT2D eigenvalue weighted by molar-refractivity contribution is 5.05. The number of nitrogens with two attached hydrogens (primary N) is 1. The number of alkyl halides is 3. The number of hydrogen-bond acceptors (Lipinski definition) is 4. The fraction of sp³-hybridized carbons (Fsp3) is 0.846. The third-order valence-corrected chi connectivity index (χ3v) is 4.64. The van der Waals surface area contributed by atoms with Gasteiger partial charge in [-0.15, -0.1) is 10.2 Å². The van der Waals surface area contributed by atoms with Crippen molar-refractivity contribution in [2.24, 2.45) is 11.7 Å². The van der Waals surface area contributed by atoms with Crippen LogP contribution in [0.25, 0.3) is 0 Å². The minimum atomic E-state index is -4.45. The van der Waals surface area contributed by atoms with Gasteiger partial charge in [-0.3, -0.25) is 4.90 Å². The average molecular weight is 303 g/mol. The van der Waals surface area contributed by atoms with Crippen LogP contribution in [0.5, 0.6) is 0 Å². The molecule has 0 radical (unpaired) electrons. The van der Waals surface area contributed by atoms with Crippen LogP contribution in [-0.4, -0.2) is 38.3 Å². The Morgan fingerprint density at radius 3 is 2.52 bits per heavy atom. The quantitative estimate of drug-likeness (QED) is 0.918. The van der Waals surface area contributed by atoms with E-state index in [0.717, 1.165) is 6.42 Å². The summed E-state index contributed by atoms with van der Waals surface area (Å²) in [6.07, 6.45) is -0.974. The Kier molecular flexibility index (Phi) is 3.48. The lowest BCUT2D eigenvalue weighted by molar-refractivity contribution is -0.148. The summed E-state index contributed by atoms with van der Waals surface area (Å²) in [6, 6.07) is 0. The molecule has 1 saturated carbocycles. The van der Waals surface area contributed by atoms with E-state index in [1.54, 1.807) is 0 Å². The fourth-order valence-corrected chi connectivity index (χ4v) is 3.11. The van der Waals surface area contributed by atoms with Crippen LogP contribution in [0.4, 0.5) is 13.2 Å². The van der Waals surface area contributed by atoms with Gasteiger partial charge in [-0.05, 0) is 19.3 Å². The van der Waals surface area contributed by atoms with E-state index in [2.05, 4.69) is 22.0 Å². The first kappa shape index (κ1) is 14.8. The predicted molar refractivity (Wildman–Crippen MR) is 70.2 cm³/mol. The molecule has 1 aromatic heterocycles. The lowest BCUT2D eigenvalue weighted by atomic mass is 9.92. The van der Waals surface area contributed by atoms with E-state index in [-0.39, 0.29) is 12.1 Å². The van der Waals surface area contributed by atoms with Gasteiger partial charge in [0.25, 0.3) is 0 Å². The lowest BCUT2D eigenvalue weighted by Crippen LogP contribution is -2.54. The summed E-state index contributed by atoms with van der Waals surface area (Å²) in [5.41, 5.74) is 5.77. The standard InChI is InChI=1S/C13H20F3N5/c1-12(8-17,6-9-2-3-9)20-4-5-21-10(7-20)18-19-11(21)13(14,15)16/h9H,2-8,17H2,1H3. The van der Waals surface area contributed by atoms with Crippen molar-refractivity contribution in [3.05, 3.63) is 11.6 Å². The summed E-state index contributed by atoms with van der Waals surface area (Å²) < 4.78 is 39.7. The first-order valence-corrected chi connectivity index (χ1v) is 7.28. The normalized spacial score (nSPS) is 22.9. The molecule has 21 heavy (non-hydrogen) atoms. The van der Waals surface area contributed by atoms with E-state index in [4.69, 9.17) is 5.73 Å². The van der Waals surface area contributed by atoms with Crippen molar-refractivity contribution in [3.63, 3.8) is 0 Å². The zero-order valence-corrected chi connectivity index (χ0v) is 12.0. The molecule has 1 atom stereocenters. The Morgan fingerprint density at radius 1 is 1.24 bits per heavy atom. The topological polar surface area (TPSA) is 60.0 Å². The monoisotopic (exact) mass is 303 g/mol. The van der Waals surface area contributed by atoms with E-state index >= 15 is 0 Å². The van der Waals surface area contributed by atoms with Gasteiger partial charge < -0.3 is 10.3 Å². The van der Waals surface area contributed by atoms with Crippen LogP contribution in [0.1, 0.15) is 37.8 Å². The second-order valence-electron chi connectivity index (χ2n) is 6.36. The molecule has 2 heterocycles. The molecule has 0 saturated heterocycles. The summed E-state index contributed by atoms with van der Waals surface area (Å²) in [4.78, 5) is 2.16. The first-order chi connectivity index (χ1) is 9.83. The molecular weight excluding hydrogens is 283 g/mol. The molecule has 0 amide bonds. The van der Waals surface area contributed by atoms with Crippen molar-refractivity contribution in [1.29, 1.82) is 0 Å². The van der Waals surface area contributed by atoms with Crippen LogP contribution in [0.15, 0.2) is 0 Å². The van der Waals surface area contributed by atoms with Gasteiger partial charge in [-0.1, -0.05) is 12.8 Å². The van der Waals surface area contributed by atoms with E-state index in [1.807, 2.05) is 0 Å². The Hall–Kier alpha value is -1.15. The minimum absolute atomic E-state index is 0.170. The van der Waals surface area contributed by atoms with Gasteiger partial charge >= 0.3 is 6.18 Å². The molecule has 1 aliphatic carbocycles. The highest BCUT2D eigenvalue weighted by Crippen LogP contribution is 2.39. The van der Waals surface area contributed by atoms with Crippen molar-refractivity contribution < 1.29 is 13.2 Å². The molecule has 0 bridgehead atoms. The molecule has 0 aromatic carbocycles. The number of halogens is 3. The van der Waals surface area contributed by atoms with Crippen molar-refractivity contribution in [1.82, 2.24) is 19.7 Å². The van der Waals surface area contributed by atoms with Gasteiger partial charge in [0.1, 0.15) is 5.82 Å². The molecule has 118 valence electrons. The Morgan fingerprint density at radius 2 is 1.95 bits per heavy atom. The van der Waals surface area contributed by atoms with Crippen molar-refractivity contribution in [3.8, 4) is 0 Å². The highest BCUT2D eigenvalue weighted by Gasteiger charge is 2.42. The zero-order valence-electron chi connectivity index (χ0n) is 12.0. The van der Waals surface area contributed by atoms with Crippen molar-refractivity contribution >= 4 is 0 Å². The van der Waals surface area contributed by atoms with Crippen LogP contribution in [0.2, 0.25) is 0 Å². The molecule has 1 fully saturated rings. The number of nitrogens with zero attached hydrogens (tertiary/aromatic N) is 4. The zero-order chi connectivity index (χ0) is 15.3. The van der Waals surface area contributed by atoms with E-state index < -0.39 is 12.0 Å². The molecule has 0 spiro atoms. The average Bonchev–Trinajstić information content (AvgIpc) is 3.12. The Bertz CT molecular complexity index is 522. The number of rotatable bonds is 4. The molecule has 3 rings (SSSR count). The van der Waals surface area contributed by atoms with E-state index in [0.29, 0.717) is 31.4 Å². The van der Waals surface area contributed by atoms with Crippen molar-refractivity contribution in [2.75, 3.05) is 13.1 Å². The van der Waals surface area contributed by atoms with Gasteiger partial charge in [0.2, 0.25) is 5.82 Å². The van der Waals surface area contributed by atoms with Crippen molar-refractivity contribution in [2.45, 2.75) is 51.0 Å². The maximum Gasteiger partial charge on any atom is 0.451 e. The van der Waals surface area contributed by atoms with E-state index in [1.165, 1.54) is 17.4 Å². The van der Waals surface area contributed by atoms with Gasteiger partial charge in [0, 0.05) is 25.2 Å². The molecule has 2 aliphatic rings. The minimum Gasteiger partial charge on any atom is -0.329 e. The first-order valence-electron chi connectivity index (χ1n) is 7.28. The maximum absolute atomic E-state index is 12.8. The lowest BCUT2D eigenvalue weighted by Gasteiger charge is -2.43. The summed E-state index contributed by atoms with van der Waals surface area (Å²) in [6.45, 7) is 3.79. The molecule has 1 aromatic rings. The van der Waals surface area contributed by atoms with Gasteiger partial charge in [-0.2, -0.15) is 13.2 Å². The summed E-state index contributed by atoms with van der Waals surface area (Å²) >= 11 is 0. The van der Waals surface area contributed by atoms with Gasteiger partial charge in [-0.25, -0.2) is 0 Å². The van der Waals surface area contributed by atoms with Crippen LogP contribution >= 0.6 is 0 Å². The molecule has 1 unspecified atom stereocenters. The second kappa shape index (κ2) is 4.95. The van der Waals surface area contributed by atoms with Crippen LogP contribution < -0.4 is 5.73 Å².